The molecule has 0 spiro atoms. The topological polar surface area (TPSA) is 55.6 Å². The number of nitrogens with zero attached hydrogens (tertiary/aromatic N) is 1. The summed E-state index contributed by atoms with van der Waals surface area (Å²) >= 11 is 0. The molecule has 0 bridgehead atoms. The standard InChI is InChI=1S/C18H22BN2O2/c1-21(2)18(22)17(19-23-13-20)12-14-8-10-16(11-9-14)15-6-4-3-5-7-15/h3-11,17H,12-13,20H2,1-2H3/t17-/m0/s1. The first-order chi connectivity index (χ1) is 11.1. The lowest BCUT2D eigenvalue weighted by Gasteiger charge is -2.19. The molecule has 0 fully saturated rings. The maximum Gasteiger partial charge on any atom is 0.307 e. The van der Waals surface area contributed by atoms with Gasteiger partial charge < -0.3 is 15.3 Å². The van der Waals surface area contributed by atoms with E-state index in [0.29, 0.717) is 6.42 Å². The molecule has 1 amide bonds. The van der Waals surface area contributed by atoms with Gasteiger partial charge in [-0.3, -0.25) is 4.79 Å². The van der Waals surface area contributed by atoms with Crippen molar-refractivity contribution in [3.05, 3.63) is 60.2 Å². The molecule has 2 aromatic rings. The van der Waals surface area contributed by atoms with Gasteiger partial charge in [-0.05, 0) is 23.1 Å². The Bertz CT molecular complexity index is 615. The van der Waals surface area contributed by atoms with E-state index >= 15 is 0 Å². The van der Waals surface area contributed by atoms with E-state index in [1.165, 1.54) is 13.0 Å². The number of amides is 1. The Morgan fingerprint density at radius 1 is 1.09 bits per heavy atom. The number of rotatable bonds is 7. The Kier molecular flexibility index (Phi) is 6.38. The van der Waals surface area contributed by atoms with Gasteiger partial charge in [0.05, 0.1) is 6.73 Å². The van der Waals surface area contributed by atoms with Crippen LogP contribution in [0.25, 0.3) is 11.1 Å². The van der Waals surface area contributed by atoms with Crippen molar-refractivity contribution in [2.45, 2.75) is 12.2 Å². The Balaban J connectivity index is 2.09. The second kappa shape index (κ2) is 8.51. The molecule has 2 rings (SSSR count). The van der Waals surface area contributed by atoms with Crippen molar-refractivity contribution >= 4 is 13.4 Å². The predicted molar refractivity (Wildman–Crippen MR) is 93.9 cm³/mol. The number of benzene rings is 2. The molecular formula is C18H22BN2O2. The van der Waals surface area contributed by atoms with E-state index < -0.39 is 0 Å². The van der Waals surface area contributed by atoms with E-state index in [-0.39, 0.29) is 18.5 Å². The number of hydrogen-bond acceptors (Lipinski definition) is 3. The van der Waals surface area contributed by atoms with Gasteiger partial charge in [0.2, 0.25) is 5.91 Å². The van der Waals surface area contributed by atoms with Crippen LogP contribution in [0.5, 0.6) is 0 Å². The van der Waals surface area contributed by atoms with Crippen molar-refractivity contribution in [2.24, 2.45) is 5.73 Å². The Hall–Kier alpha value is -2.11. The second-order valence-corrected chi connectivity index (χ2v) is 5.58. The van der Waals surface area contributed by atoms with Gasteiger partial charge >= 0.3 is 7.48 Å². The monoisotopic (exact) mass is 309 g/mol. The largest absolute Gasteiger partial charge is 0.428 e. The zero-order valence-corrected chi connectivity index (χ0v) is 13.6. The first-order valence-corrected chi connectivity index (χ1v) is 7.62. The summed E-state index contributed by atoms with van der Waals surface area (Å²) < 4.78 is 5.14. The molecule has 0 aliphatic carbocycles. The molecule has 0 saturated carbocycles. The summed E-state index contributed by atoms with van der Waals surface area (Å²) in [7, 11) is 5.02. The Labute approximate surface area is 138 Å². The van der Waals surface area contributed by atoms with Crippen molar-refractivity contribution in [3.8, 4) is 11.1 Å². The summed E-state index contributed by atoms with van der Waals surface area (Å²) in [6.45, 7) is 0.0736. The summed E-state index contributed by atoms with van der Waals surface area (Å²) in [5.41, 5.74) is 8.78. The van der Waals surface area contributed by atoms with Crippen molar-refractivity contribution in [1.29, 1.82) is 0 Å². The quantitative estimate of drug-likeness (QED) is 0.631. The predicted octanol–water partition coefficient (Wildman–Crippen LogP) is 2.32. The number of nitrogens with two attached hydrogens (primary N) is 1. The van der Waals surface area contributed by atoms with Crippen LogP contribution in [0.3, 0.4) is 0 Å². The van der Waals surface area contributed by atoms with E-state index in [0.717, 1.165) is 11.1 Å². The Morgan fingerprint density at radius 2 is 1.70 bits per heavy atom. The molecule has 5 heteroatoms. The van der Waals surface area contributed by atoms with Crippen LogP contribution >= 0.6 is 0 Å². The van der Waals surface area contributed by atoms with Crippen LogP contribution in [0, 0.1) is 0 Å². The summed E-state index contributed by atoms with van der Waals surface area (Å²) in [6.07, 6.45) is 0.589. The minimum absolute atomic E-state index is 0.00517. The van der Waals surface area contributed by atoms with Crippen LogP contribution in [0.1, 0.15) is 5.56 Å². The van der Waals surface area contributed by atoms with E-state index in [4.69, 9.17) is 10.4 Å². The molecule has 0 aromatic heterocycles. The first-order valence-electron chi connectivity index (χ1n) is 7.62. The van der Waals surface area contributed by atoms with Crippen LogP contribution in [0.4, 0.5) is 0 Å². The summed E-state index contributed by atoms with van der Waals surface area (Å²) in [6, 6.07) is 18.5. The molecule has 4 nitrogen and oxygen atoms in total. The van der Waals surface area contributed by atoms with Gasteiger partial charge in [-0.25, -0.2) is 0 Å². The second-order valence-electron chi connectivity index (χ2n) is 5.58. The fourth-order valence-corrected chi connectivity index (χ4v) is 2.41. The summed E-state index contributed by atoms with van der Waals surface area (Å²) in [5.74, 6) is -0.332. The molecule has 2 N–H and O–H groups in total. The highest BCUT2D eigenvalue weighted by atomic mass is 16.4. The third-order valence-electron chi connectivity index (χ3n) is 3.63. The number of hydrogen-bond donors (Lipinski definition) is 1. The molecule has 0 heterocycles. The van der Waals surface area contributed by atoms with Crippen LogP contribution in [-0.2, 0) is 15.9 Å². The maximum atomic E-state index is 12.2. The zero-order chi connectivity index (χ0) is 16.7. The average molecular weight is 309 g/mol. The van der Waals surface area contributed by atoms with Gasteiger partial charge in [0.15, 0.2) is 0 Å². The number of carbonyl (C=O) groups excluding carboxylic acids is 1. The molecule has 0 unspecified atom stereocenters. The normalized spacial score (nSPS) is 11.8. The minimum Gasteiger partial charge on any atom is -0.428 e. The SMILES string of the molecule is CN(C)C(=O)[C@@H]([B]OCN)Cc1ccc(-c2ccccc2)cc1. The maximum absolute atomic E-state index is 12.2. The van der Waals surface area contributed by atoms with Gasteiger partial charge in [0.25, 0.3) is 0 Å². The molecule has 119 valence electrons. The van der Waals surface area contributed by atoms with E-state index in [1.54, 1.807) is 19.0 Å². The third kappa shape index (κ3) is 4.94. The lowest BCUT2D eigenvalue weighted by Crippen LogP contribution is -2.32. The fourth-order valence-electron chi connectivity index (χ4n) is 2.41. The summed E-state index contributed by atoms with van der Waals surface area (Å²) in [4.78, 5) is 13.8. The Morgan fingerprint density at radius 3 is 2.26 bits per heavy atom. The van der Waals surface area contributed by atoms with E-state index in [9.17, 15) is 4.79 Å². The van der Waals surface area contributed by atoms with Crippen LogP contribution in [0.2, 0.25) is 5.82 Å². The molecule has 0 aliphatic heterocycles. The zero-order valence-electron chi connectivity index (χ0n) is 13.6. The van der Waals surface area contributed by atoms with Crippen LogP contribution < -0.4 is 5.73 Å². The highest BCUT2D eigenvalue weighted by molar-refractivity contribution is 6.37. The van der Waals surface area contributed by atoms with Crippen molar-refractivity contribution in [3.63, 3.8) is 0 Å². The molecule has 0 aliphatic rings. The third-order valence-corrected chi connectivity index (χ3v) is 3.63. The minimum atomic E-state index is -0.337. The first kappa shape index (κ1) is 17.3. The van der Waals surface area contributed by atoms with Gasteiger partial charge in [-0.2, -0.15) is 0 Å². The smallest absolute Gasteiger partial charge is 0.307 e. The van der Waals surface area contributed by atoms with Crippen molar-refractivity contribution < 1.29 is 9.45 Å². The van der Waals surface area contributed by atoms with Gasteiger partial charge in [-0.1, -0.05) is 54.6 Å². The van der Waals surface area contributed by atoms with Crippen molar-refractivity contribution in [1.82, 2.24) is 4.90 Å². The lowest BCUT2D eigenvalue weighted by molar-refractivity contribution is -0.128. The fraction of sp³-hybridized carbons (Fsp3) is 0.278. The molecule has 1 atom stereocenters. The summed E-state index contributed by atoms with van der Waals surface area (Å²) in [5, 5.41) is 0. The van der Waals surface area contributed by atoms with Crippen LogP contribution in [-0.4, -0.2) is 39.1 Å². The van der Waals surface area contributed by atoms with E-state index in [1.807, 2.05) is 18.2 Å². The van der Waals surface area contributed by atoms with Gasteiger partial charge in [0.1, 0.15) is 0 Å². The number of carbonyl (C=O) groups is 1. The molecule has 2 aromatic carbocycles. The molecule has 0 saturated heterocycles. The van der Waals surface area contributed by atoms with Crippen molar-refractivity contribution in [2.75, 3.05) is 20.8 Å². The molecule has 1 radical (unpaired) electrons. The van der Waals surface area contributed by atoms with Gasteiger partial charge in [-0.15, -0.1) is 0 Å². The molecule has 23 heavy (non-hydrogen) atoms. The van der Waals surface area contributed by atoms with Crippen LogP contribution in [0.15, 0.2) is 54.6 Å². The van der Waals surface area contributed by atoms with Gasteiger partial charge in [0, 0.05) is 19.9 Å². The highest BCUT2D eigenvalue weighted by Crippen LogP contribution is 2.22. The lowest BCUT2D eigenvalue weighted by atomic mass is 9.75. The highest BCUT2D eigenvalue weighted by Gasteiger charge is 2.22. The molecular weight excluding hydrogens is 287 g/mol. The van der Waals surface area contributed by atoms with E-state index in [2.05, 4.69) is 36.4 Å². The average Bonchev–Trinajstić information content (AvgIpc) is 2.59.